The van der Waals surface area contributed by atoms with Crippen LogP contribution in [0.2, 0.25) is 0 Å². The zero-order chi connectivity index (χ0) is 16.4. The molecule has 0 bridgehead atoms. The first-order valence-electron chi connectivity index (χ1n) is 7.83. The summed E-state index contributed by atoms with van der Waals surface area (Å²) in [5.74, 6) is 1.22. The van der Waals surface area contributed by atoms with Crippen LogP contribution in [0.15, 0.2) is 48.8 Å². The normalized spacial score (nSPS) is 20.2. The topological polar surface area (TPSA) is 91.9 Å². The van der Waals surface area contributed by atoms with Crippen LogP contribution < -0.4 is 15.4 Å². The van der Waals surface area contributed by atoms with E-state index in [1.54, 1.807) is 12.4 Å². The molecule has 1 amide bonds. The molecule has 1 saturated heterocycles. The van der Waals surface area contributed by atoms with Crippen LogP contribution in [-0.2, 0) is 4.79 Å². The summed E-state index contributed by atoms with van der Waals surface area (Å²) in [6.45, 7) is 0.637. The van der Waals surface area contributed by atoms with Gasteiger partial charge in [-0.25, -0.2) is 0 Å². The van der Waals surface area contributed by atoms with Crippen molar-refractivity contribution in [3.05, 3.63) is 48.8 Å². The number of rotatable bonds is 4. The van der Waals surface area contributed by atoms with Crippen molar-refractivity contribution >= 4 is 22.6 Å². The molecule has 1 fully saturated rings. The molecule has 3 heterocycles. The number of carbonyl (C=O) groups is 1. The second kappa shape index (κ2) is 6.29. The summed E-state index contributed by atoms with van der Waals surface area (Å²) in [6, 6.07) is 11.2. The number of fused-ring (bicyclic) bond motifs is 1. The molecular formula is C17H17N5O2. The van der Waals surface area contributed by atoms with Gasteiger partial charge in [0.05, 0.1) is 17.8 Å². The SMILES string of the molecule is O=C(Nc1n[nH]c2cnccc12)[C@@H]1C[C@H](Oc2ccccc2)CN1. The van der Waals surface area contributed by atoms with E-state index in [0.717, 1.165) is 16.7 Å². The van der Waals surface area contributed by atoms with Crippen molar-refractivity contribution in [2.75, 3.05) is 11.9 Å². The number of hydrogen-bond donors (Lipinski definition) is 3. The maximum atomic E-state index is 12.5. The molecule has 7 nitrogen and oxygen atoms in total. The summed E-state index contributed by atoms with van der Waals surface area (Å²) in [4.78, 5) is 16.5. The standard InChI is InChI=1S/C17H17N5O2/c23-17(20-16-13-6-7-18-10-15(13)21-22-16)14-8-12(9-19-14)24-11-4-2-1-3-5-11/h1-7,10,12,14,19H,8-9H2,(H2,20,21,22,23)/t12-,14-/m0/s1. The molecule has 0 aliphatic carbocycles. The summed E-state index contributed by atoms with van der Waals surface area (Å²) in [6.07, 6.45) is 3.94. The molecule has 0 saturated carbocycles. The van der Waals surface area contributed by atoms with Gasteiger partial charge in [0.1, 0.15) is 11.9 Å². The summed E-state index contributed by atoms with van der Waals surface area (Å²) >= 11 is 0. The molecular weight excluding hydrogens is 306 g/mol. The molecule has 2 atom stereocenters. The van der Waals surface area contributed by atoms with E-state index in [2.05, 4.69) is 25.8 Å². The van der Waals surface area contributed by atoms with Crippen LogP contribution in [-0.4, -0.2) is 39.8 Å². The van der Waals surface area contributed by atoms with Gasteiger partial charge in [-0.05, 0) is 18.2 Å². The fourth-order valence-electron chi connectivity index (χ4n) is 2.85. The average molecular weight is 323 g/mol. The lowest BCUT2D eigenvalue weighted by atomic mass is 10.2. The van der Waals surface area contributed by atoms with Crippen molar-refractivity contribution in [1.29, 1.82) is 0 Å². The Morgan fingerprint density at radius 3 is 3.00 bits per heavy atom. The summed E-state index contributed by atoms with van der Waals surface area (Å²) in [5.41, 5.74) is 0.789. The largest absolute Gasteiger partial charge is 0.489 e. The van der Waals surface area contributed by atoms with E-state index < -0.39 is 0 Å². The van der Waals surface area contributed by atoms with Crippen LogP contribution in [0.1, 0.15) is 6.42 Å². The number of benzene rings is 1. The molecule has 1 aliphatic heterocycles. The van der Waals surface area contributed by atoms with Crippen LogP contribution in [0.3, 0.4) is 0 Å². The second-order valence-electron chi connectivity index (χ2n) is 5.73. The van der Waals surface area contributed by atoms with E-state index >= 15 is 0 Å². The minimum absolute atomic E-state index is 0.0247. The number of nitrogens with zero attached hydrogens (tertiary/aromatic N) is 2. The number of aromatic nitrogens is 3. The van der Waals surface area contributed by atoms with Crippen molar-refractivity contribution in [2.24, 2.45) is 0 Å². The van der Waals surface area contributed by atoms with Crippen LogP contribution in [0.4, 0.5) is 5.82 Å². The van der Waals surface area contributed by atoms with Gasteiger partial charge in [-0.15, -0.1) is 0 Å². The number of hydrogen-bond acceptors (Lipinski definition) is 5. The monoisotopic (exact) mass is 323 g/mol. The van der Waals surface area contributed by atoms with Crippen molar-refractivity contribution in [3.63, 3.8) is 0 Å². The van der Waals surface area contributed by atoms with Gasteiger partial charge in [0.2, 0.25) is 5.91 Å². The zero-order valence-electron chi connectivity index (χ0n) is 12.9. The number of H-pyrrole nitrogens is 1. The van der Waals surface area contributed by atoms with E-state index in [1.165, 1.54) is 0 Å². The first-order valence-corrected chi connectivity index (χ1v) is 7.83. The molecule has 3 aromatic rings. The van der Waals surface area contributed by atoms with Crippen LogP contribution in [0.5, 0.6) is 5.75 Å². The van der Waals surface area contributed by atoms with E-state index in [0.29, 0.717) is 18.8 Å². The highest BCUT2D eigenvalue weighted by atomic mass is 16.5. The van der Waals surface area contributed by atoms with Gasteiger partial charge >= 0.3 is 0 Å². The molecule has 4 rings (SSSR count). The Morgan fingerprint density at radius 1 is 1.25 bits per heavy atom. The maximum absolute atomic E-state index is 12.5. The molecule has 122 valence electrons. The molecule has 0 unspecified atom stereocenters. The van der Waals surface area contributed by atoms with Crippen molar-refractivity contribution in [3.8, 4) is 5.75 Å². The number of nitrogens with one attached hydrogen (secondary N) is 3. The fourth-order valence-corrected chi connectivity index (χ4v) is 2.85. The molecule has 7 heteroatoms. The smallest absolute Gasteiger partial charge is 0.242 e. The zero-order valence-corrected chi connectivity index (χ0v) is 12.9. The second-order valence-corrected chi connectivity index (χ2v) is 5.73. The predicted molar refractivity (Wildman–Crippen MR) is 89.8 cm³/mol. The Balaban J connectivity index is 1.39. The Labute approximate surface area is 138 Å². The maximum Gasteiger partial charge on any atom is 0.242 e. The van der Waals surface area contributed by atoms with Crippen molar-refractivity contribution < 1.29 is 9.53 Å². The molecule has 1 aliphatic rings. The van der Waals surface area contributed by atoms with Gasteiger partial charge in [-0.3, -0.25) is 14.9 Å². The van der Waals surface area contributed by atoms with Crippen molar-refractivity contribution in [2.45, 2.75) is 18.6 Å². The molecule has 0 radical (unpaired) electrons. The molecule has 1 aromatic carbocycles. The van der Waals surface area contributed by atoms with Gasteiger partial charge in [-0.2, -0.15) is 5.10 Å². The first kappa shape index (κ1) is 14.6. The highest BCUT2D eigenvalue weighted by molar-refractivity contribution is 6.01. The summed E-state index contributed by atoms with van der Waals surface area (Å²) in [7, 11) is 0. The Kier molecular flexibility index (Phi) is 3.84. The predicted octanol–water partition coefficient (Wildman–Crippen LogP) is 1.71. The van der Waals surface area contributed by atoms with Gasteiger partial charge in [-0.1, -0.05) is 18.2 Å². The van der Waals surface area contributed by atoms with E-state index in [9.17, 15) is 4.79 Å². The van der Waals surface area contributed by atoms with Gasteiger partial charge < -0.3 is 15.4 Å². The number of para-hydroxylation sites is 1. The number of amides is 1. The van der Waals surface area contributed by atoms with E-state index in [-0.39, 0.29) is 18.1 Å². The summed E-state index contributed by atoms with van der Waals surface area (Å²) in [5, 5.41) is 13.9. The summed E-state index contributed by atoms with van der Waals surface area (Å²) < 4.78 is 5.89. The third-order valence-corrected chi connectivity index (χ3v) is 4.06. The Bertz CT molecular complexity index is 848. The lowest BCUT2D eigenvalue weighted by Crippen LogP contribution is -2.35. The van der Waals surface area contributed by atoms with Crippen molar-refractivity contribution in [1.82, 2.24) is 20.5 Å². The van der Waals surface area contributed by atoms with E-state index in [1.807, 2.05) is 36.4 Å². The third kappa shape index (κ3) is 2.93. The lowest BCUT2D eigenvalue weighted by Gasteiger charge is -2.13. The molecule has 2 aromatic heterocycles. The van der Waals surface area contributed by atoms with E-state index in [4.69, 9.17) is 4.74 Å². The molecule has 24 heavy (non-hydrogen) atoms. The number of pyridine rings is 1. The Hall–Kier alpha value is -2.93. The number of carbonyl (C=O) groups excluding carboxylic acids is 1. The minimum atomic E-state index is -0.299. The number of ether oxygens (including phenoxy) is 1. The molecule has 3 N–H and O–H groups in total. The van der Waals surface area contributed by atoms with Gasteiger partial charge in [0, 0.05) is 24.5 Å². The first-order chi connectivity index (χ1) is 11.8. The quantitative estimate of drug-likeness (QED) is 0.680. The average Bonchev–Trinajstić information content (AvgIpc) is 3.24. The molecule has 0 spiro atoms. The third-order valence-electron chi connectivity index (χ3n) is 4.06. The highest BCUT2D eigenvalue weighted by Crippen LogP contribution is 2.21. The lowest BCUT2D eigenvalue weighted by molar-refractivity contribution is -0.117. The van der Waals surface area contributed by atoms with Gasteiger partial charge in [0.25, 0.3) is 0 Å². The Morgan fingerprint density at radius 2 is 2.12 bits per heavy atom. The highest BCUT2D eigenvalue weighted by Gasteiger charge is 2.31. The van der Waals surface area contributed by atoms with Crippen LogP contribution in [0, 0.1) is 0 Å². The number of aromatic amines is 1. The van der Waals surface area contributed by atoms with Crippen LogP contribution in [0.25, 0.3) is 10.9 Å². The number of anilines is 1. The van der Waals surface area contributed by atoms with Crippen LogP contribution >= 0.6 is 0 Å². The fraction of sp³-hybridized carbons (Fsp3) is 0.235. The minimum Gasteiger partial charge on any atom is -0.489 e. The van der Waals surface area contributed by atoms with Gasteiger partial charge in [0.15, 0.2) is 5.82 Å².